The lowest BCUT2D eigenvalue weighted by Gasteiger charge is -2.09. The molecule has 0 spiro atoms. The Bertz CT molecular complexity index is 779. The van der Waals surface area contributed by atoms with Crippen LogP contribution in [0.25, 0.3) is 0 Å². The van der Waals surface area contributed by atoms with Gasteiger partial charge in [-0.15, -0.1) is 12.8 Å². The first-order valence-electron chi connectivity index (χ1n) is 6.14. The molecule has 2 rings (SSSR count). The average molecular weight is 266 g/mol. The lowest BCUT2D eigenvalue weighted by atomic mass is 10.2. The van der Waals surface area contributed by atoms with Crippen molar-refractivity contribution in [3.05, 3.63) is 59.7 Å². The standard InChI is InChI=1S/C20H10O/c1-3-5-11-17-13-7-9-15-19(17)21-20-16-10-8-14-18(20)12-6-4-2/h1-2,7-10,13-16H. The van der Waals surface area contributed by atoms with E-state index in [1.165, 1.54) is 0 Å². The Hall–Kier alpha value is -3.52. The van der Waals surface area contributed by atoms with Crippen LogP contribution in [0.1, 0.15) is 11.1 Å². The summed E-state index contributed by atoms with van der Waals surface area (Å²) in [7, 11) is 0. The predicted octanol–water partition coefficient (Wildman–Crippen LogP) is 3.45. The highest BCUT2D eigenvalue weighted by atomic mass is 16.5. The fraction of sp³-hybridized carbons (Fsp3) is 0. The molecule has 0 aliphatic rings. The third kappa shape index (κ3) is 3.72. The van der Waals surface area contributed by atoms with E-state index in [4.69, 9.17) is 17.6 Å². The number of para-hydroxylation sites is 2. The average Bonchev–Trinajstić information content (AvgIpc) is 2.53. The molecule has 21 heavy (non-hydrogen) atoms. The molecule has 0 fully saturated rings. The van der Waals surface area contributed by atoms with E-state index in [1.54, 1.807) is 0 Å². The van der Waals surface area contributed by atoms with Crippen LogP contribution in [0.5, 0.6) is 11.5 Å². The summed E-state index contributed by atoms with van der Waals surface area (Å²) < 4.78 is 5.89. The molecule has 1 nitrogen and oxygen atoms in total. The first-order valence-corrected chi connectivity index (χ1v) is 6.14. The van der Waals surface area contributed by atoms with Crippen LogP contribution < -0.4 is 4.74 Å². The van der Waals surface area contributed by atoms with E-state index in [0.717, 1.165) is 11.1 Å². The van der Waals surface area contributed by atoms with E-state index < -0.39 is 0 Å². The molecule has 0 aliphatic carbocycles. The van der Waals surface area contributed by atoms with Crippen molar-refractivity contribution in [2.24, 2.45) is 0 Å². The fourth-order valence-corrected chi connectivity index (χ4v) is 1.64. The molecule has 0 radical (unpaired) electrons. The van der Waals surface area contributed by atoms with Gasteiger partial charge in [0, 0.05) is 0 Å². The van der Waals surface area contributed by atoms with Crippen molar-refractivity contribution in [3.8, 4) is 59.9 Å². The smallest absolute Gasteiger partial charge is 0.143 e. The van der Waals surface area contributed by atoms with Crippen molar-refractivity contribution in [2.75, 3.05) is 0 Å². The minimum absolute atomic E-state index is 0.621. The summed E-state index contributed by atoms with van der Waals surface area (Å²) in [4.78, 5) is 0. The van der Waals surface area contributed by atoms with E-state index in [-0.39, 0.29) is 0 Å². The molecule has 0 N–H and O–H groups in total. The van der Waals surface area contributed by atoms with Crippen LogP contribution >= 0.6 is 0 Å². The lowest BCUT2D eigenvalue weighted by molar-refractivity contribution is 0.480. The van der Waals surface area contributed by atoms with Crippen LogP contribution in [0.2, 0.25) is 0 Å². The van der Waals surface area contributed by atoms with Crippen molar-refractivity contribution in [2.45, 2.75) is 0 Å². The van der Waals surface area contributed by atoms with Gasteiger partial charge in [-0.25, -0.2) is 0 Å². The summed E-state index contributed by atoms with van der Waals surface area (Å²) in [6, 6.07) is 14.8. The van der Waals surface area contributed by atoms with Crippen LogP contribution in [-0.2, 0) is 0 Å². The number of benzene rings is 2. The number of terminal acetylenes is 2. The van der Waals surface area contributed by atoms with Crippen molar-refractivity contribution in [1.29, 1.82) is 0 Å². The molecule has 0 bridgehead atoms. The van der Waals surface area contributed by atoms with E-state index in [0.29, 0.717) is 11.5 Å². The van der Waals surface area contributed by atoms with Gasteiger partial charge in [-0.1, -0.05) is 24.3 Å². The summed E-state index contributed by atoms with van der Waals surface area (Å²) in [5.41, 5.74) is 1.44. The van der Waals surface area contributed by atoms with Gasteiger partial charge in [-0.2, -0.15) is 0 Å². The van der Waals surface area contributed by atoms with E-state index in [9.17, 15) is 0 Å². The highest BCUT2D eigenvalue weighted by molar-refractivity contribution is 5.53. The van der Waals surface area contributed by atoms with E-state index >= 15 is 0 Å². The van der Waals surface area contributed by atoms with Crippen LogP contribution in [0.4, 0.5) is 0 Å². The van der Waals surface area contributed by atoms with Gasteiger partial charge in [0.15, 0.2) is 0 Å². The Kier molecular flexibility index (Phi) is 4.74. The monoisotopic (exact) mass is 266 g/mol. The Morgan fingerprint density at radius 2 is 1.10 bits per heavy atom. The normalized spacial score (nSPS) is 8.10. The Labute approximate surface area is 125 Å². The molecule has 2 aromatic carbocycles. The van der Waals surface area contributed by atoms with Gasteiger partial charge in [0.05, 0.1) is 11.1 Å². The summed E-state index contributed by atoms with van der Waals surface area (Å²) in [5, 5.41) is 0. The molecule has 2 aromatic rings. The zero-order valence-electron chi connectivity index (χ0n) is 11.2. The summed E-state index contributed by atoms with van der Waals surface area (Å²) in [6.45, 7) is 0. The molecule has 0 aliphatic heterocycles. The molecule has 0 atom stereocenters. The molecule has 1 heteroatoms. The second-order valence-electron chi connectivity index (χ2n) is 3.88. The zero-order chi connectivity index (χ0) is 14.9. The molecule has 0 amide bonds. The van der Waals surface area contributed by atoms with Gasteiger partial charge in [0.2, 0.25) is 0 Å². The number of hydrogen-bond acceptors (Lipinski definition) is 1. The second-order valence-corrected chi connectivity index (χ2v) is 3.88. The predicted molar refractivity (Wildman–Crippen MR) is 84.4 cm³/mol. The third-order valence-corrected chi connectivity index (χ3v) is 2.53. The van der Waals surface area contributed by atoms with Gasteiger partial charge >= 0.3 is 0 Å². The SMILES string of the molecule is C#CC#Cc1ccccc1Oc1ccccc1C#CC#C. The van der Waals surface area contributed by atoms with Gasteiger partial charge < -0.3 is 4.74 Å². The summed E-state index contributed by atoms with van der Waals surface area (Å²) in [5.74, 6) is 16.7. The molecule has 0 saturated heterocycles. The summed E-state index contributed by atoms with van der Waals surface area (Å²) in [6.07, 6.45) is 10.3. The lowest BCUT2D eigenvalue weighted by Crippen LogP contribution is -1.90. The maximum atomic E-state index is 5.89. The molecule has 0 aromatic heterocycles. The molecular weight excluding hydrogens is 256 g/mol. The number of ether oxygens (including phenoxy) is 1. The maximum Gasteiger partial charge on any atom is 0.143 e. The molecule has 96 valence electrons. The molecule has 0 heterocycles. The van der Waals surface area contributed by atoms with E-state index in [1.807, 2.05) is 48.5 Å². The highest BCUT2D eigenvalue weighted by Gasteiger charge is 2.05. The first kappa shape index (κ1) is 13.9. The molecule has 0 unspecified atom stereocenters. The van der Waals surface area contributed by atoms with Gasteiger partial charge in [-0.05, 0) is 59.8 Å². The summed E-state index contributed by atoms with van der Waals surface area (Å²) >= 11 is 0. The topological polar surface area (TPSA) is 9.23 Å². The third-order valence-electron chi connectivity index (χ3n) is 2.53. The Morgan fingerprint density at radius 3 is 1.52 bits per heavy atom. The van der Waals surface area contributed by atoms with Gasteiger partial charge in [-0.3, -0.25) is 0 Å². The quantitative estimate of drug-likeness (QED) is 0.756. The molecular formula is C20H10O. The fourth-order valence-electron chi connectivity index (χ4n) is 1.64. The van der Waals surface area contributed by atoms with Gasteiger partial charge in [0.1, 0.15) is 11.5 Å². The van der Waals surface area contributed by atoms with Crippen LogP contribution in [-0.4, -0.2) is 0 Å². The van der Waals surface area contributed by atoms with Crippen LogP contribution in [0.15, 0.2) is 48.5 Å². The minimum Gasteiger partial charge on any atom is -0.455 e. The van der Waals surface area contributed by atoms with Crippen LogP contribution in [0.3, 0.4) is 0 Å². The van der Waals surface area contributed by atoms with Crippen molar-refractivity contribution < 1.29 is 4.74 Å². The Morgan fingerprint density at radius 1 is 0.667 bits per heavy atom. The number of hydrogen-bond donors (Lipinski definition) is 0. The zero-order valence-corrected chi connectivity index (χ0v) is 11.2. The second kappa shape index (κ2) is 7.16. The minimum atomic E-state index is 0.621. The van der Waals surface area contributed by atoms with Crippen molar-refractivity contribution >= 4 is 0 Å². The largest absolute Gasteiger partial charge is 0.455 e. The van der Waals surface area contributed by atoms with Gasteiger partial charge in [0.25, 0.3) is 0 Å². The number of rotatable bonds is 2. The van der Waals surface area contributed by atoms with E-state index in [2.05, 4.69) is 35.5 Å². The Balaban J connectivity index is 2.41. The molecule has 0 saturated carbocycles. The first-order chi connectivity index (χ1) is 10.3. The maximum absolute atomic E-state index is 5.89. The van der Waals surface area contributed by atoms with Crippen LogP contribution in [0, 0.1) is 48.4 Å². The highest BCUT2D eigenvalue weighted by Crippen LogP contribution is 2.27. The van der Waals surface area contributed by atoms with Crippen molar-refractivity contribution in [3.63, 3.8) is 0 Å². The van der Waals surface area contributed by atoms with Crippen molar-refractivity contribution in [1.82, 2.24) is 0 Å².